The van der Waals surface area contributed by atoms with Gasteiger partial charge >= 0.3 is 0 Å². The SMILES string of the molecule is O=C(NC1CC2CCC1C2)C1=CC(c2ccccc2)CC(OCc2ccc(CO)cc2)O1. The molecule has 2 bridgehead atoms. The molecule has 3 aliphatic rings. The Morgan fingerprint density at radius 2 is 1.78 bits per heavy atom. The van der Waals surface area contributed by atoms with Crippen LogP contribution in [0.25, 0.3) is 0 Å². The first-order chi connectivity index (χ1) is 15.7. The fraction of sp³-hybridized carbons (Fsp3) is 0.444. The summed E-state index contributed by atoms with van der Waals surface area (Å²) in [6.07, 6.45) is 6.99. The highest BCUT2D eigenvalue weighted by molar-refractivity contribution is 5.92. The van der Waals surface area contributed by atoms with E-state index in [1.165, 1.54) is 19.3 Å². The Morgan fingerprint density at radius 3 is 2.47 bits per heavy atom. The van der Waals surface area contributed by atoms with Gasteiger partial charge in [0.05, 0.1) is 13.2 Å². The number of rotatable bonds is 7. The van der Waals surface area contributed by atoms with Gasteiger partial charge in [0.15, 0.2) is 5.76 Å². The monoisotopic (exact) mass is 433 g/mol. The molecule has 2 aromatic rings. The Bertz CT molecular complexity index is 955. The van der Waals surface area contributed by atoms with E-state index in [-0.39, 0.29) is 24.5 Å². The number of hydrogen-bond acceptors (Lipinski definition) is 4. The molecule has 2 fully saturated rings. The van der Waals surface area contributed by atoms with Crippen LogP contribution in [0.15, 0.2) is 66.4 Å². The molecular weight excluding hydrogens is 402 g/mol. The number of ether oxygens (including phenoxy) is 2. The number of fused-ring (bicyclic) bond motifs is 2. The first-order valence-corrected chi connectivity index (χ1v) is 11.7. The van der Waals surface area contributed by atoms with Crippen LogP contribution in [0.3, 0.4) is 0 Å². The molecule has 5 unspecified atom stereocenters. The molecule has 2 aliphatic carbocycles. The Hall–Kier alpha value is -2.63. The third-order valence-corrected chi connectivity index (χ3v) is 7.20. The highest BCUT2D eigenvalue weighted by Crippen LogP contribution is 2.44. The summed E-state index contributed by atoms with van der Waals surface area (Å²) in [4.78, 5) is 13.1. The molecule has 1 amide bonds. The van der Waals surface area contributed by atoms with Crippen molar-refractivity contribution in [1.29, 1.82) is 0 Å². The molecule has 5 rings (SSSR count). The van der Waals surface area contributed by atoms with Crippen LogP contribution >= 0.6 is 0 Å². The summed E-state index contributed by atoms with van der Waals surface area (Å²) >= 11 is 0. The van der Waals surface area contributed by atoms with Crippen molar-refractivity contribution in [1.82, 2.24) is 5.32 Å². The van der Waals surface area contributed by atoms with Crippen LogP contribution in [0.4, 0.5) is 0 Å². The highest BCUT2D eigenvalue weighted by atomic mass is 16.7. The Labute approximate surface area is 189 Å². The zero-order valence-electron chi connectivity index (χ0n) is 18.3. The Morgan fingerprint density at radius 1 is 1.00 bits per heavy atom. The fourth-order valence-corrected chi connectivity index (χ4v) is 5.44. The number of aliphatic hydroxyl groups is 1. The molecule has 168 valence electrons. The van der Waals surface area contributed by atoms with Crippen LogP contribution in [-0.4, -0.2) is 23.3 Å². The maximum atomic E-state index is 13.1. The lowest BCUT2D eigenvalue weighted by atomic mass is 9.92. The van der Waals surface area contributed by atoms with Gasteiger partial charge < -0.3 is 19.9 Å². The number of carbonyl (C=O) groups is 1. The third kappa shape index (κ3) is 4.74. The van der Waals surface area contributed by atoms with Gasteiger partial charge in [0.2, 0.25) is 6.29 Å². The summed E-state index contributed by atoms with van der Waals surface area (Å²) in [5, 5.41) is 12.5. The van der Waals surface area contributed by atoms with Crippen molar-refractivity contribution in [2.45, 2.75) is 63.6 Å². The molecule has 5 heteroatoms. The lowest BCUT2D eigenvalue weighted by molar-refractivity contribution is -0.150. The molecule has 2 saturated carbocycles. The van der Waals surface area contributed by atoms with Gasteiger partial charge in [-0.05, 0) is 53.9 Å². The van der Waals surface area contributed by atoms with Gasteiger partial charge in [-0.1, -0.05) is 61.0 Å². The first-order valence-electron chi connectivity index (χ1n) is 11.7. The molecule has 0 aromatic heterocycles. The molecule has 5 nitrogen and oxygen atoms in total. The number of nitrogens with one attached hydrogen (secondary N) is 1. The van der Waals surface area contributed by atoms with Gasteiger partial charge in [0.25, 0.3) is 5.91 Å². The zero-order valence-corrected chi connectivity index (χ0v) is 18.3. The minimum atomic E-state index is -0.497. The van der Waals surface area contributed by atoms with E-state index >= 15 is 0 Å². The fourth-order valence-electron chi connectivity index (χ4n) is 5.44. The molecule has 32 heavy (non-hydrogen) atoms. The van der Waals surface area contributed by atoms with Crippen molar-refractivity contribution in [3.8, 4) is 0 Å². The van der Waals surface area contributed by atoms with E-state index in [0.717, 1.165) is 29.0 Å². The minimum absolute atomic E-state index is 0.0253. The van der Waals surface area contributed by atoms with Gasteiger partial charge in [-0.3, -0.25) is 4.79 Å². The molecule has 5 atom stereocenters. The maximum Gasteiger partial charge on any atom is 0.286 e. The molecule has 1 heterocycles. The normalized spacial score (nSPS) is 28.8. The first kappa shape index (κ1) is 21.2. The molecule has 2 N–H and O–H groups in total. The molecule has 1 aliphatic heterocycles. The van der Waals surface area contributed by atoms with Gasteiger partial charge in [0.1, 0.15) is 0 Å². The average molecular weight is 434 g/mol. The number of benzene rings is 2. The van der Waals surface area contributed by atoms with Crippen molar-refractivity contribution >= 4 is 5.91 Å². The second kappa shape index (κ2) is 9.47. The Balaban J connectivity index is 1.28. The van der Waals surface area contributed by atoms with Crippen molar-refractivity contribution in [3.05, 3.63) is 83.1 Å². The van der Waals surface area contributed by atoms with Crippen LogP contribution in [0, 0.1) is 11.8 Å². The molecule has 2 aromatic carbocycles. The summed E-state index contributed by atoms with van der Waals surface area (Å²) in [7, 11) is 0. The van der Waals surface area contributed by atoms with E-state index < -0.39 is 6.29 Å². The van der Waals surface area contributed by atoms with Crippen LogP contribution in [-0.2, 0) is 27.5 Å². The Kier molecular flexibility index (Phi) is 6.28. The quantitative estimate of drug-likeness (QED) is 0.679. The van der Waals surface area contributed by atoms with Crippen LogP contribution < -0.4 is 5.32 Å². The minimum Gasteiger partial charge on any atom is -0.459 e. The zero-order chi connectivity index (χ0) is 21.9. The van der Waals surface area contributed by atoms with Crippen LogP contribution in [0.1, 0.15) is 54.7 Å². The summed E-state index contributed by atoms with van der Waals surface area (Å²) in [5.74, 6) is 1.70. The lowest BCUT2D eigenvalue weighted by Gasteiger charge is -2.30. The number of hydrogen-bond donors (Lipinski definition) is 2. The molecule has 0 spiro atoms. The van der Waals surface area contributed by atoms with Gasteiger partial charge in [-0.25, -0.2) is 0 Å². The summed E-state index contributed by atoms with van der Waals surface area (Å²) < 4.78 is 12.1. The number of carbonyl (C=O) groups excluding carboxylic acids is 1. The van der Waals surface area contributed by atoms with Crippen molar-refractivity contribution < 1.29 is 19.4 Å². The van der Waals surface area contributed by atoms with E-state index in [9.17, 15) is 9.90 Å². The van der Waals surface area contributed by atoms with E-state index in [1.54, 1.807) is 0 Å². The van der Waals surface area contributed by atoms with Crippen molar-refractivity contribution in [2.75, 3.05) is 0 Å². The smallest absolute Gasteiger partial charge is 0.286 e. The van der Waals surface area contributed by atoms with Crippen molar-refractivity contribution in [2.24, 2.45) is 11.8 Å². The largest absolute Gasteiger partial charge is 0.459 e. The molecular formula is C27H31NO4. The predicted molar refractivity (Wildman–Crippen MR) is 121 cm³/mol. The second-order valence-corrected chi connectivity index (χ2v) is 9.37. The maximum absolute atomic E-state index is 13.1. The standard InChI is InChI=1S/C27H31NO4/c29-16-18-6-8-19(9-7-18)17-31-26-15-23(21-4-2-1-3-5-21)14-25(32-26)27(30)28-24-13-20-10-11-22(24)12-20/h1-9,14,20,22-24,26,29H,10-13,15-17H2,(H,28,30). The molecule has 0 saturated heterocycles. The third-order valence-electron chi connectivity index (χ3n) is 7.20. The van der Waals surface area contributed by atoms with E-state index in [2.05, 4.69) is 17.4 Å². The van der Waals surface area contributed by atoms with Crippen molar-refractivity contribution in [3.63, 3.8) is 0 Å². The van der Waals surface area contributed by atoms with Gasteiger partial charge in [-0.2, -0.15) is 0 Å². The number of aliphatic hydroxyl groups excluding tert-OH is 1. The van der Waals surface area contributed by atoms with E-state index in [1.807, 2.05) is 48.5 Å². The predicted octanol–water partition coefficient (Wildman–Crippen LogP) is 4.41. The van der Waals surface area contributed by atoms with Gasteiger partial charge in [0, 0.05) is 18.4 Å². The highest BCUT2D eigenvalue weighted by Gasteiger charge is 2.41. The topological polar surface area (TPSA) is 67.8 Å². The van der Waals surface area contributed by atoms with E-state index in [4.69, 9.17) is 9.47 Å². The van der Waals surface area contributed by atoms with Gasteiger partial charge in [-0.15, -0.1) is 0 Å². The van der Waals surface area contributed by atoms with Crippen LogP contribution in [0.2, 0.25) is 0 Å². The summed E-state index contributed by atoms with van der Waals surface area (Å²) in [6.45, 7) is 0.413. The van der Waals surface area contributed by atoms with Crippen LogP contribution in [0.5, 0.6) is 0 Å². The summed E-state index contributed by atoms with van der Waals surface area (Å²) in [6, 6.07) is 18.2. The second-order valence-electron chi connectivity index (χ2n) is 9.37. The number of amides is 1. The van der Waals surface area contributed by atoms with E-state index in [0.29, 0.717) is 24.7 Å². The lowest BCUT2D eigenvalue weighted by Crippen LogP contribution is -2.41. The average Bonchev–Trinajstić information content (AvgIpc) is 3.47. The number of allylic oxidation sites excluding steroid dienone is 1. The molecule has 0 radical (unpaired) electrons. The summed E-state index contributed by atoms with van der Waals surface area (Å²) in [5.41, 5.74) is 3.03.